The highest BCUT2D eigenvalue weighted by Crippen LogP contribution is 2.20. The van der Waals surface area contributed by atoms with Crippen LogP contribution in [0.25, 0.3) is 0 Å². The van der Waals surface area contributed by atoms with Gasteiger partial charge >= 0.3 is 6.01 Å². The summed E-state index contributed by atoms with van der Waals surface area (Å²) in [6, 6.07) is 15.2. The molecule has 1 aliphatic rings. The van der Waals surface area contributed by atoms with Crippen molar-refractivity contribution in [3.63, 3.8) is 0 Å². The summed E-state index contributed by atoms with van der Waals surface area (Å²) < 4.78 is 12.8. The molecule has 0 atom stereocenters. The van der Waals surface area contributed by atoms with E-state index in [9.17, 15) is 4.79 Å². The Hall–Kier alpha value is -3.72. The van der Waals surface area contributed by atoms with Crippen molar-refractivity contribution in [2.24, 2.45) is 5.10 Å². The van der Waals surface area contributed by atoms with Crippen LogP contribution in [-0.2, 0) is 11.3 Å². The van der Waals surface area contributed by atoms with Crippen molar-refractivity contribution in [3.8, 4) is 6.01 Å². The number of anilines is 2. The molecule has 1 saturated heterocycles. The lowest BCUT2D eigenvalue weighted by atomic mass is 10.2. The van der Waals surface area contributed by atoms with Crippen molar-refractivity contribution in [3.05, 3.63) is 76.2 Å². The van der Waals surface area contributed by atoms with Gasteiger partial charge in [-0.05, 0) is 18.6 Å². The zero-order valence-electron chi connectivity index (χ0n) is 18.0. The molecule has 0 aliphatic carbocycles. The molecule has 1 N–H and O–H groups in total. The first-order valence-corrected chi connectivity index (χ1v) is 10.5. The van der Waals surface area contributed by atoms with E-state index in [2.05, 4.69) is 25.4 Å². The summed E-state index contributed by atoms with van der Waals surface area (Å²) in [4.78, 5) is 23.0. The highest BCUT2D eigenvalue weighted by Gasteiger charge is 2.15. The number of hydrazone groups is 1. The topological polar surface area (TPSA) is 93.9 Å². The molecule has 1 aromatic carbocycles. The molecule has 3 aromatic rings. The van der Waals surface area contributed by atoms with Crippen molar-refractivity contribution in [2.75, 3.05) is 43.2 Å². The van der Waals surface area contributed by atoms with Crippen LogP contribution in [0.2, 0.25) is 0 Å². The molecule has 2 aromatic heterocycles. The lowest BCUT2D eigenvalue weighted by molar-refractivity contribution is 0.122. The molecule has 0 amide bonds. The first-order chi connectivity index (χ1) is 15.7. The van der Waals surface area contributed by atoms with Gasteiger partial charge in [0.05, 0.1) is 26.0 Å². The van der Waals surface area contributed by atoms with Crippen molar-refractivity contribution in [1.82, 2.24) is 14.5 Å². The Kier molecular flexibility index (Phi) is 7.08. The minimum Gasteiger partial charge on any atom is -0.461 e. The monoisotopic (exact) mass is 434 g/mol. The van der Waals surface area contributed by atoms with Crippen molar-refractivity contribution < 1.29 is 9.47 Å². The number of nitrogens with zero attached hydrogens (tertiary/aromatic N) is 5. The van der Waals surface area contributed by atoms with Gasteiger partial charge in [0.25, 0.3) is 5.56 Å². The number of ether oxygens (including phenoxy) is 2. The fourth-order valence-electron chi connectivity index (χ4n) is 3.29. The van der Waals surface area contributed by atoms with E-state index in [1.54, 1.807) is 23.0 Å². The van der Waals surface area contributed by atoms with Crippen LogP contribution in [0, 0.1) is 6.92 Å². The van der Waals surface area contributed by atoms with Gasteiger partial charge in [0.1, 0.15) is 12.4 Å². The van der Waals surface area contributed by atoms with Gasteiger partial charge in [0, 0.05) is 31.4 Å². The molecule has 32 heavy (non-hydrogen) atoms. The van der Waals surface area contributed by atoms with Crippen LogP contribution in [0.15, 0.2) is 64.6 Å². The van der Waals surface area contributed by atoms with E-state index in [1.807, 2.05) is 43.3 Å². The summed E-state index contributed by atoms with van der Waals surface area (Å²) in [5.41, 5.74) is 5.05. The quantitative estimate of drug-likeness (QED) is 0.429. The number of pyridine rings is 1. The fourth-order valence-corrected chi connectivity index (χ4v) is 3.29. The van der Waals surface area contributed by atoms with Crippen LogP contribution in [0.5, 0.6) is 6.01 Å². The molecule has 9 nitrogen and oxygen atoms in total. The van der Waals surface area contributed by atoms with Gasteiger partial charge < -0.3 is 18.9 Å². The molecule has 0 unspecified atom stereocenters. The van der Waals surface area contributed by atoms with Gasteiger partial charge in [-0.25, -0.2) is 0 Å². The molecule has 1 fully saturated rings. The van der Waals surface area contributed by atoms with Gasteiger partial charge in [0.15, 0.2) is 5.82 Å². The largest absolute Gasteiger partial charge is 0.461 e. The van der Waals surface area contributed by atoms with Gasteiger partial charge in [0.2, 0.25) is 0 Å². The molecule has 4 rings (SSSR count). The van der Waals surface area contributed by atoms with Gasteiger partial charge in [-0.15, -0.1) is 0 Å². The Morgan fingerprint density at radius 3 is 2.84 bits per heavy atom. The summed E-state index contributed by atoms with van der Waals surface area (Å²) in [5.74, 6) is 1.26. The highest BCUT2D eigenvalue weighted by molar-refractivity contribution is 5.80. The number of morpholine rings is 1. The Morgan fingerprint density at radius 1 is 1.16 bits per heavy atom. The Bertz CT molecular complexity index is 1120. The third-order valence-electron chi connectivity index (χ3n) is 4.92. The fraction of sp³-hybridized carbons (Fsp3) is 0.304. The smallest absolute Gasteiger partial charge is 0.320 e. The Labute approximate surface area is 186 Å². The van der Waals surface area contributed by atoms with Gasteiger partial charge in [-0.1, -0.05) is 35.9 Å². The van der Waals surface area contributed by atoms with Crippen LogP contribution < -0.4 is 20.6 Å². The zero-order valence-corrected chi connectivity index (χ0v) is 18.0. The van der Waals surface area contributed by atoms with E-state index >= 15 is 0 Å². The second-order valence-electron chi connectivity index (χ2n) is 7.36. The molecule has 0 bridgehead atoms. The lowest BCUT2D eigenvalue weighted by Crippen LogP contribution is -2.36. The summed E-state index contributed by atoms with van der Waals surface area (Å²) in [6.07, 6.45) is 3.47. The van der Waals surface area contributed by atoms with E-state index in [-0.39, 0.29) is 18.2 Å². The van der Waals surface area contributed by atoms with Crippen molar-refractivity contribution in [1.29, 1.82) is 0 Å². The van der Waals surface area contributed by atoms with E-state index in [1.165, 1.54) is 11.6 Å². The summed E-state index contributed by atoms with van der Waals surface area (Å²) >= 11 is 0. The van der Waals surface area contributed by atoms with Crippen LogP contribution in [-0.4, -0.2) is 53.7 Å². The summed E-state index contributed by atoms with van der Waals surface area (Å²) in [5, 5.41) is 4.31. The number of rotatable bonds is 8. The van der Waals surface area contributed by atoms with Gasteiger partial charge in [-0.3, -0.25) is 10.2 Å². The summed E-state index contributed by atoms with van der Waals surface area (Å²) in [6.45, 7) is 5.47. The van der Waals surface area contributed by atoms with Crippen LogP contribution >= 0.6 is 0 Å². The SMILES string of the molecule is Cc1cccc(/C=N/Nc2cc(N3CCOCC3)nc(OCCn3ccccc3=O)n2)c1. The van der Waals surface area contributed by atoms with E-state index < -0.39 is 0 Å². The molecule has 3 heterocycles. The first-order valence-electron chi connectivity index (χ1n) is 10.5. The number of hydrogen-bond acceptors (Lipinski definition) is 8. The van der Waals surface area contributed by atoms with Crippen molar-refractivity contribution in [2.45, 2.75) is 13.5 Å². The van der Waals surface area contributed by atoms with Crippen LogP contribution in [0.1, 0.15) is 11.1 Å². The third kappa shape index (κ3) is 5.92. The van der Waals surface area contributed by atoms with Crippen LogP contribution in [0.4, 0.5) is 11.6 Å². The third-order valence-corrected chi connectivity index (χ3v) is 4.92. The van der Waals surface area contributed by atoms with E-state index in [0.717, 1.165) is 24.5 Å². The molecule has 1 aliphatic heterocycles. The van der Waals surface area contributed by atoms with E-state index in [0.29, 0.717) is 25.6 Å². The molecule has 166 valence electrons. The first kappa shape index (κ1) is 21.5. The van der Waals surface area contributed by atoms with Gasteiger partial charge in [-0.2, -0.15) is 15.1 Å². The number of aryl methyl sites for hydroxylation is 1. The number of hydrogen-bond donors (Lipinski definition) is 1. The van der Waals surface area contributed by atoms with E-state index in [4.69, 9.17) is 9.47 Å². The molecule has 0 radical (unpaired) electrons. The van der Waals surface area contributed by atoms with Crippen molar-refractivity contribution >= 4 is 17.9 Å². The standard InChI is InChI=1S/C23H26N6O3/c1-18-5-4-6-19(15-18)17-24-27-20-16-21(28-9-12-31-13-10-28)26-23(25-20)32-14-11-29-8-3-2-7-22(29)30/h2-8,15-17H,9-14H2,1H3,(H,25,26,27)/b24-17+. The Balaban J connectivity index is 1.48. The summed E-state index contributed by atoms with van der Waals surface area (Å²) in [7, 11) is 0. The maximum atomic E-state index is 11.9. The number of nitrogens with one attached hydrogen (secondary N) is 1. The number of benzene rings is 1. The normalized spacial score (nSPS) is 14.0. The predicted octanol–water partition coefficient (Wildman–Crippen LogP) is 2.31. The predicted molar refractivity (Wildman–Crippen MR) is 124 cm³/mol. The second-order valence-corrected chi connectivity index (χ2v) is 7.36. The minimum atomic E-state index is -0.0769. The lowest BCUT2D eigenvalue weighted by Gasteiger charge is -2.28. The zero-order chi connectivity index (χ0) is 22.2. The second kappa shape index (κ2) is 10.5. The van der Waals surface area contributed by atoms with Crippen LogP contribution in [0.3, 0.4) is 0 Å². The molecular weight excluding hydrogens is 408 g/mol. The molecule has 9 heteroatoms. The molecule has 0 spiro atoms. The minimum absolute atomic E-state index is 0.0769. The Morgan fingerprint density at radius 2 is 2.03 bits per heavy atom. The maximum absolute atomic E-state index is 11.9. The average molecular weight is 435 g/mol. The number of aromatic nitrogens is 3. The average Bonchev–Trinajstić information content (AvgIpc) is 2.81. The highest BCUT2D eigenvalue weighted by atomic mass is 16.5. The molecular formula is C23H26N6O3. The maximum Gasteiger partial charge on any atom is 0.320 e. The molecule has 0 saturated carbocycles.